The number of rotatable bonds is 4. The highest BCUT2D eigenvalue weighted by atomic mass is 16.3. The summed E-state index contributed by atoms with van der Waals surface area (Å²) >= 11 is 0. The summed E-state index contributed by atoms with van der Waals surface area (Å²) in [5, 5.41) is 19.7. The number of hydrogen-bond acceptors (Lipinski definition) is 2. The lowest BCUT2D eigenvalue weighted by molar-refractivity contribution is 0.282. The van der Waals surface area contributed by atoms with Gasteiger partial charge in [0.05, 0.1) is 5.56 Å². The lowest BCUT2D eigenvalue weighted by Crippen LogP contribution is -2.04. The molecule has 3 rings (SSSR count). The first-order valence-electron chi connectivity index (χ1n) is 7.01. The molecule has 3 nitrogen and oxygen atoms in total. The topological polar surface area (TPSA) is 59.8 Å². The molecule has 0 aliphatic rings. The van der Waals surface area contributed by atoms with Gasteiger partial charge < -0.3 is 10.1 Å². The van der Waals surface area contributed by atoms with E-state index in [0.29, 0.717) is 12.0 Å². The van der Waals surface area contributed by atoms with Crippen molar-refractivity contribution in [2.45, 2.75) is 12.3 Å². The maximum Gasteiger partial charge on any atom is 0.101 e. The SMILES string of the molecule is N#Cc1c[nH]c2cccc(C(CCO)c3ccccc3)c12. The van der Waals surface area contributed by atoms with E-state index >= 15 is 0 Å². The Morgan fingerprint density at radius 2 is 1.90 bits per heavy atom. The third kappa shape index (κ3) is 2.42. The fraction of sp³-hybridized carbons (Fsp3) is 0.167. The van der Waals surface area contributed by atoms with Gasteiger partial charge in [0, 0.05) is 29.6 Å². The zero-order chi connectivity index (χ0) is 14.7. The largest absolute Gasteiger partial charge is 0.396 e. The van der Waals surface area contributed by atoms with Crippen LogP contribution in [0.3, 0.4) is 0 Å². The third-order valence-corrected chi connectivity index (χ3v) is 3.85. The first-order chi connectivity index (χ1) is 10.3. The van der Waals surface area contributed by atoms with Gasteiger partial charge in [0.1, 0.15) is 6.07 Å². The van der Waals surface area contributed by atoms with Crippen LogP contribution in [0.5, 0.6) is 0 Å². The van der Waals surface area contributed by atoms with E-state index in [9.17, 15) is 10.4 Å². The number of hydrogen-bond donors (Lipinski definition) is 2. The Hall–Kier alpha value is -2.57. The molecule has 0 saturated heterocycles. The Morgan fingerprint density at radius 1 is 1.10 bits per heavy atom. The number of aromatic amines is 1. The number of nitrogens with zero attached hydrogens (tertiary/aromatic N) is 1. The van der Waals surface area contributed by atoms with Crippen molar-refractivity contribution in [2.75, 3.05) is 6.61 Å². The summed E-state index contributed by atoms with van der Waals surface area (Å²) in [7, 11) is 0. The van der Waals surface area contributed by atoms with Crippen LogP contribution in [0.2, 0.25) is 0 Å². The van der Waals surface area contributed by atoms with E-state index in [-0.39, 0.29) is 12.5 Å². The van der Waals surface area contributed by atoms with Gasteiger partial charge in [-0.2, -0.15) is 5.26 Å². The molecule has 0 spiro atoms. The van der Waals surface area contributed by atoms with Gasteiger partial charge in [0.15, 0.2) is 0 Å². The van der Waals surface area contributed by atoms with E-state index < -0.39 is 0 Å². The minimum atomic E-state index is 0.0859. The second-order valence-electron chi connectivity index (χ2n) is 5.06. The van der Waals surface area contributed by atoms with E-state index in [1.165, 1.54) is 0 Å². The molecule has 3 heteroatoms. The number of aliphatic hydroxyl groups is 1. The highest BCUT2D eigenvalue weighted by Gasteiger charge is 2.18. The predicted molar refractivity (Wildman–Crippen MR) is 83.0 cm³/mol. The fourth-order valence-electron chi connectivity index (χ4n) is 2.91. The van der Waals surface area contributed by atoms with Crippen molar-refractivity contribution >= 4 is 10.9 Å². The minimum absolute atomic E-state index is 0.0859. The zero-order valence-electron chi connectivity index (χ0n) is 11.6. The summed E-state index contributed by atoms with van der Waals surface area (Å²) in [6, 6.07) is 18.4. The Morgan fingerprint density at radius 3 is 2.62 bits per heavy atom. The van der Waals surface area contributed by atoms with Gasteiger partial charge >= 0.3 is 0 Å². The molecule has 1 aromatic heterocycles. The van der Waals surface area contributed by atoms with Gasteiger partial charge in [-0.25, -0.2) is 0 Å². The number of nitrogens with one attached hydrogen (secondary N) is 1. The maximum absolute atomic E-state index is 9.44. The molecule has 0 aliphatic carbocycles. The van der Waals surface area contributed by atoms with Crippen LogP contribution in [0.1, 0.15) is 29.0 Å². The smallest absolute Gasteiger partial charge is 0.101 e. The van der Waals surface area contributed by atoms with Crippen LogP contribution >= 0.6 is 0 Å². The van der Waals surface area contributed by atoms with Crippen LogP contribution in [-0.2, 0) is 0 Å². The highest BCUT2D eigenvalue weighted by molar-refractivity contribution is 5.89. The molecule has 3 aromatic rings. The minimum Gasteiger partial charge on any atom is -0.396 e. The summed E-state index contributed by atoms with van der Waals surface area (Å²) in [4.78, 5) is 3.14. The fourth-order valence-corrected chi connectivity index (χ4v) is 2.91. The first-order valence-corrected chi connectivity index (χ1v) is 7.01. The van der Waals surface area contributed by atoms with E-state index in [4.69, 9.17) is 0 Å². The van der Waals surface area contributed by atoms with Crippen LogP contribution in [0.4, 0.5) is 0 Å². The Balaban J connectivity index is 2.21. The normalized spacial score (nSPS) is 12.2. The van der Waals surface area contributed by atoms with Gasteiger partial charge in [0.25, 0.3) is 0 Å². The van der Waals surface area contributed by atoms with Crippen LogP contribution in [0.25, 0.3) is 10.9 Å². The van der Waals surface area contributed by atoms with Crippen molar-refractivity contribution in [2.24, 2.45) is 0 Å². The van der Waals surface area contributed by atoms with Crippen molar-refractivity contribution in [3.05, 3.63) is 71.4 Å². The number of nitriles is 1. The van der Waals surface area contributed by atoms with Gasteiger partial charge in [-0.3, -0.25) is 0 Å². The molecule has 2 N–H and O–H groups in total. The number of aliphatic hydroxyl groups excluding tert-OH is 1. The molecule has 0 amide bonds. The van der Waals surface area contributed by atoms with E-state index in [1.54, 1.807) is 6.20 Å². The molecular weight excluding hydrogens is 260 g/mol. The van der Waals surface area contributed by atoms with E-state index in [0.717, 1.165) is 22.0 Å². The Kier molecular flexibility index (Phi) is 3.72. The van der Waals surface area contributed by atoms with Crippen molar-refractivity contribution in [1.82, 2.24) is 4.98 Å². The molecule has 1 heterocycles. The van der Waals surface area contributed by atoms with E-state index in [2.05, 4.69) is 23.2 Å². The molecule has 1 unspecified atom stereocenters. The molecule has 0 saturated carbocycles. The molecule has 0 aliphatic heterocycles. The molecule has 0 bridgehead atoms. The molecule has 2 aromatic carbocycles. The second-order valence-corrected chi connectivity index (χ2v) is 5.06. The van der Waals surface area contributed by atoms with Crippen molar-refractivity contribution in [3.8, 4) is 6.07 Å². The second kappa shape index (κ2) is 5.82. The van der Waals surface area contributed by atoms with Gasteiger partial charge in [-0.1, -0.05) is 42.5 Å². The molecule has 1 atom stereocenters. The summed E-state index contributed by atoms with van der Waals surface area (Å²) < 4.78 is 0. The molecule has 21 heavy (non-hydrogen) atoms. The standard InChI is InChI=1S/C18H16N2O/c19-11-14-12-20-17-8-4-7-16(18(14)17)15(9-10-21)13-5-2-1-3-6-13/h1-8,12,15,20-21H,9-10H2. The summed E-state index contributed by atoms with van der Waals surface area (Å²) in [5.41, 5.74) is 3.86. The van der Waals surface area contributed by atoms with Crippen LogP contribution in [0.15, 0.2) is 54.7 Å². The Labute approximate surface area is 123 Å². The molecule has 104 valence electrons. The third-order valence-electron chi connectivity index (χ3n) is 3.85. The van der Waals surface area contributed by atoms with E-state index in [1.807, 2.05) is 36.4 Å². The van der Waals surface area contributed by atoms with Gasteiger partial charge in [-0.05, 0) is 23.6 Å². The van der Waals surface area contributed by atoms with Crippen LogP contribution in [0, 0.1) is 11.3 Å². The summed E-state index contributed by atoms with van der Waals surface area (Å²) in [5.74, 6) is 0.0859. The molecule has 0 fully saturated rings. The average Bonchev–Trinajstić information content (AvgIpc) is 2.97. The Bertz CT molecular complexity index is 784. The zero-order valence-corrected chi connectivity index (χ0v) is 11.6. The first kappa shape index (κ1) is 13.4. The average molecular weight is 276 g/mol. The van der Waals surface area contributed by atoms with Gasteiger partial charge in [0.2, 0.25) is 0 Å². The maximum atomic E-state index is 9.44. The number of benzene rings is 2. The summed E-state index contributed by atoms with van der Waals surface area (Å²) in [6.45, 7) is 0.113. The van der Waals surface area contributed by atoms with Crippen molar-refractivity contribution in [1.29, 1.82) is 5.26 Å². The number of fused-ring (bicyclic) bond motifs is 1. The number of H-pyrrole nitrogens is 1. The van der Waals surface area contributed by atoms with Crippen LogP contribution in [-0.4, -0.2) is 16.7 Å². The lowest BCUT2D eigenvalue weighted by atomic mass is 9.86. The number of aromatic nitrogens is 1. The monoisotopic (exact) mass is 276 g/mol. The molecule has 0 radical (unpaired) electrons. The highest BCUT2D eigenvalue weighted by Crippen LogP contribution is 2.34. The van der Waals surface area contributed by atoms with Crippen LogP contribution < -0.4 is 0 Å². The quantitative estimate of drug-likeness (QED) is 0.765. The predicted octanol–water partition coefficient (Wildman–Crippen LogP) is 3.55. The van der Waals surface area contributed by atoms with Gasteiger partial charge in [-0.15, -0.1) is 0 Å². The summed E-state index contributed by atoms with van der Waals surface area (Å²) in [6.07, 6.45) is 2.38. The molecular formula is C18H16N2O. The van der Waals surface area contributed by atoms with Crippen molar-refractivity contribution in [3.63, 3.8) is 0 Å². The lowest BCUT2D eigenvalue weighted by Gasteiger charge is -2.18. The van der Waals surface area contributed by atoms with Crippen molar-refractivity contribution < 1.29 is 5.11 Å².